The van der Waals surface area contributed by atoms with Crippen LogP contribution in [0.3, 0.4) is 0 Å². The van der Waals surface area contributed by atoms with Crippen molar-refractivity contribution in [2.75, 3.05) is 0 Å². The number of hydrogen-bond donors (Lipinski definition) is 0. The Labute approximate surface area is 295 Å². The van der Waals surface area contributed by atoms with E-state index >= 15 is 0 Å². The van der Waals surface area contributed by atoms with Gasteiger partial charge < -0.3 is 4.57 Å². The first-order valence-corrected chi connectivity index (χ1v) is 17.7. The molecule has 11 aromatic rings. The Balaban J connectivity index is 1.19. The number of rotatable bonds is 3. The predicted molar refractivity (Wildman–Crippen MR) is 219 cm³/mol. The second-order valence-corrected chi connectivity index (χ2v) is 13.6. The van der Waals surface area contributed by atoms with Crippen LogP contribution in [0, 0.1) is 0 Å². The lowest BCUT2D eigenvalue weighted by atomic mass is 9.85. The molecule has 0 aliphatic carbocycles. The highest BCUT2D eigenvalue weighted by atomic mass is 15.0. The van der Waals surface area contributed by atoms with Crippen LogP contribution < -0.4 is 0 Å². The molecule has 1 aromatic heterocycles. The van der Waals surface area contributed by atoms with Gasteiger partial charge in [0.15, 0.2) is 0 Å². The van der Waals surface area contributed by atoms with E-state index in [4.69, 9.17) is 0 Å². The van der Waals surface area contributed by atoms with Gasteiger partial charge in [-0.1, -0.05) is 146 Å². The maximum Gasteiger partial charge on any atom is 0.0541 e. The summed E-state index contributed by atoms with van der Waals surface area (Å²) in [5.74, 6) is 0. The van der Waals surface area contributed by atoms with Gasteiger partial charge in [-0.2, -0.15) is 0 Å². The molecule has 0 spiro atoms. The lowest BCUT2D eigenvalue weighted by molar-refractivity contribution is 1.18. The molecule has 236 valence electrons. The van der Waals surface area contributed by atoms with E-state index in [-0.39, 0.29) is 0 Å². The minimum absolute atomic E-state index is 1.18. The molecule has 0 aliphatic heterocycles. The molecule has 0 atom stereocenters. The molecule has 0 amide bonds. The van der Waals surface area contributed by atoms with Gasteiger partial charge in [0.25, 0.3) is 0 Å². The molecular weight excluding hydrogens is 615 g/mol. The first-order valence-electron chi connectivity index (χ1n) is 17.7. The molecule has 0 unspecified atom stereocenters. The average molecular weight is 646 g/mol. The second-order valence-electron chi connectivity index (χ2n) is 13.6. The molecule has 0 aliphatic rings. The Hall–Kier alpha value is -6.70. The number of fused-ring (bicyclic) bond motifs is 14. The first kappa shape index (κ1) is 28.2. The van der Waals surface area contributed by atoms with Gasteiger partial charge in [-0.15, -0.1) is 0 Å². The van der Waals surface area contributed by atoms with E-state index in [0.717, 1.165) is 0 Å². The summed E-state index contributed by atoms with van der Waals surface area (Å²) in [5.41, 5.74) is 8.55. The largest absolute Gasteiger partial charge is 0.309 e. The van der Waals surface area contributed by atoms with Crippen molar-refractivity contribution in [3.8, 4) is 27.9 Å². The van der Waals surface area contributed by atoms with Crippen LogP contribution in [0.1, 0.15) is 0 Å². The average Bonchev–Trinajstić information content (AvgIpc) is 3.54. The summed E-state index contributed by atoms with van der Waals surface area (Å²) in [5, 5.41) is 15.5. The van der Waals surface area contributed by atoms with Crippen molar-refractivity contribution in [3.63, 3.8) is 0 Å². The summed E-state index contributed by atoms with van der Waals surface area (Å²) in [7, 11) is 0. The van der Waals surface area contributed by atoms with Crippen LogP contribution in [-0.4, -0.2) is 4.57 Å². The Morgan fingerprint density at radius 2 is 0.647 bits per heavy atom. The van der Waals surface area contributed by atoms with Crippen molar-refractivity contribution in [1.82, 2.24) is 4.57 Å². The SMILES string of the molecule is c1ccc(-c2ccc3c(c2)c2ccccc2c2c4ccc(-c5ccc6c(c5)c5ccccc5n6-c5ccccc5)cc4c4ccccc4c32)cc1. The minimum atomic E-state index is 1.18. The molecule has 51 heavy (non-hydrogen) atoms. The van der Waals surface area contributed by atoms with Gasteiger partial charge in [-0.25, -0.2) is 0 Å². The molecule has 0 radical (unpaired) electrons. The zero-order valence-corrected chi connectivity index (χ0v) is 27.8. The summed E-state index contributed by atoms with van der Waals surface area (Å²) >= 11 is 0. The Kier molecular flexibility index (Phi) is 6.02. The van der Waals surface area contributed by atoms with Crippen LogP contribution >= 0.6 is 0 Å². The number of aromatic nitrogens is 1. The molecule has 1 heterocycles. The van der Waals surface area contributed by atoms with Gasteiger partial charge in [0.05, 0.1) is 11.0 Å². The summed E-state index contributed by atoms with van der Waals surface area (Å²) < 4.78 is 2.38. The third-order valence-electron chi connectivity index (χ3n) is 10.9. The molecule has 0 fully saturated rings. The van der Waals surface area contributed by atoms with Crippen molar-refractivity contribution in [2.24, 2.45) is 0 Å². The second kappa shape index (κ2) is 10.9. The van der Waals surface area contributed by atoms with E-state index in [0.29, 0.717) is 0 Å². The summed E-state index contributed by atoms with van der Waals surface area (Å²) in [6.45, 7) is 0. The smallest absolute Gasteiger partial charge is 0.0541 e. The highest BCUT2D eigenvalue weighted by Crippen LogP contribution is 2.45. The molecule has 10 aromatic carbocycles. The zero-order chi connectivity index (χ0) is 33.5. The van der Waals surface area contributed by atoms with Crippen molar-refractivity contribution in [1.29, 1.82) is 0 Å². The Bertz CT molecular complexity index is 3170. The normalized spacial score (nSPS) is 11.9. The molecule has 0 saturated carbocycles. The van der Waals surface area contributed by atoms with Crippen molar-refractivity contribution < 1.29 is 0 Å². The van der Waals surface area contributed by atoms with Crippen molar-refractivity contribution >= 4 is 75.7 Å². The monoisotopic (exact) mass is 645 g/mol. The topological polar surface area (TPSA) is 4.93 Å². The fourth-order valence-corrected chi connectivity index (χ4v) is 8.67. The van der Waals surface area contributed by atoms with E-state index in [1.54, 1.807) is 0 Å². The van der Waals surface area contributed by atoms with Crippen molar-refractivity contribution in [2.45, 2.75) is 0 Å². The zero-order valence-electron chi connectivity index (χ0n) is 27.8. The quantitative estimate of drug-likeness (QED) is 0.169. The highest BCUT2D eigenvalue weighted by molar-refractivity contribution is 6.39. The van der Waals surface area contributed by atoms with E-state index in [9.17, 15) is 0 Å². The number of benzene rings is 10. The van der Waals surface area contributed by atoms with E-state index in [1.165, 1.54) is 104 Å². The number of para-hydroxylation sites is 2. The van der Waals surface area contributed by atoms with E-state index in [2.05, 4.69) is 193 Å². The van der Waals surface area contributed by atoms with Crippen LogP contribution in [-0.2, 0) is 0 Å². The molecule has 1 nitrogen and oxygen atoms in total. The van der Waals surface area contributed by atoms with Crippen molar-refractivity contribution in [3.05, 3.63) is 188 Å². The van der Waals surface area contributed by atoms with Crippen LogP contribution in [0.25, 0.3) is 104 Å². The predicted octanol–water partition coefficient (Wildman–Crippen LogP) is 13.9. The van der Waals surface area contributed by atoms with Crippen LogP contribution in [0.4, 0.5) is 0 Å². The minimum Gasteiger partial charge on any atom is -0.309 e. The molecule has 0 saturated heterocycles. The lowest BCUT2D eigenvalue weighted by Crippen LogP contribution is -1.92. The Morgan fingerprint density at radius 3 is 1.25 bits per heavy atom. The van der Waals surface area contributed by atoms with Crippen LogP contribution in [0.5, 0.6) is 0 Å². The third-order valence-corrected chi connectivity index (χ3v) is 10.9. The molecule has 11 rings (SSSR count). The van der Waals surface area contributed by atoms with Gasteiger partial charge in [0, 0.05) is 16.5 Å². The van der Waals surface area contributed by atoms with Gasteiger partial charge >= 0.3 is 0 Å². The van der Waals surface area contributed by atoms with Crippen LogP contribution in [0.2, 0.25) is 0 Å². The molecular formula is C50H31N. The molecule has 0 N–H and O–H groups in total. The summed E-state index contributed by atoms with van der Waals surface area (Å²) in [6, 6.07) is 69.2. The van der Waals surface area contributed by atoms with Gasteiger partial charge in [-0.05, 0) is 119 Å². The summed E-state index contributed by atoms with van der Waals surface area (Å²) in [4.78, 5) is 0. The standard InChI is InChI=1S/C50H31N/c1-3-13-32(14-4-1)33-23-26-42-44(29-33)37-17-7-9-20-40(37)50-43-27-24-34(30-45(43)38-18-8-10-21-41(38)49(42)50)35-25-28-48-46(31-35)39-19-11-12-22-47(39)51(48)36-15-5-2-6-16-36/h1-31H. The highest BCUT2D eigenvalue weighted by Gasteiger charge is 2.18. The van der Waals surface area contributed by atoms with E-state index in [1.807, 2.05) is 0 Å². The number of hydrogen-bond acceptors (Lipinski definition) is 0. The first-order chi connectivity index (χ1) is 25.3. The van der Waals surface area contributed by atoms with Gasteiger partial charge in [0.1, 0.15) is 0 Å². The maximum absolute atomic E-state index is 2.42. The van der Waals surface area contributed by atoms with Gasteiger partial charge in [0.2, 0.25) is 0 Å². The number of nitrogens with zero attached hydrogens (tertiary/aromatic N) is 1. The molecule has 0 bridgehead atoms. The van der Waals surface area contributed by atoms with Gasteiger partial charge in [-0.3, -0.25) is 0 Å². The lowest BCUT2D eigenvalue weighted by Gasteiger charge is -2.18. The third kappa shape index (κ3) is 4.16. The van der Waals surface area contributed by atoms with Crippen LogP contribution in [0.15, 0.2) is 188 Å². The Morgan fingerprint density at radius 1 is 0.235 bits per heavy atom. The summed E-state index contributed by atoms with van der Waals surface area (Å²) in [6.07, 6.45) is 0. The van der Waals surface area contributed by atoms with E-state index < -0.39 is 0 Å². The molecule has 1 heteroatoms. The maximum atomic E-state index is 2.42. The fourth-order valence-electron chi connectivity index (χ4n) is 8.67. The fraction of sp³-hybridized carbons (Fsp3) is 0.